The number of Topliss-reactive ketones (excluding diaryl/α,β-unsaturated/α-hetero) is 1. The van der Waals surface area contributed by atoms with Gasteiger partial charge in [0.15, 0.2) is 17.5 Å². The van der Waals surface area contributed by atoms with Crippen LogP contribution in [0.5, 0.6) is 0 Å². The second kappa shape index (κ2) is 14.8. The molecule has 12 atom stereocenters. The molecule has 2 aromatic rings. The zero-order valence-corrected chi connectivity index (χ0v) is 32.7. The maximum absolute atomic E-state index is 14.9. The number of esters is 3. The van der Waals surface area contributed by atoms with E-state index < -0.39 is 107 Å². The van der Waals surface area contributed by atoms with Gasteiger partial charge < -0.3 is 44.1 Å². The van der Waals surface area contributed by atoms with Crippen LogP contribution in [0.3, 0.4) is 0 Å². The van der Waals surface area contributed by atoms with Crippen LogP contribution in [0.25, 0.3) is 0 Å². The van der Waals surface area contributed by atoms with Crippen molar-refractivity contribution in [3.05, 3.63) is 82.9 Å². The number of carbonyl (C=O) groups excluding carboxylic acids is 5. The summed E-state index contributed by atoms with van der Waals surface area (Å²) in [6, 6.07) is 15.5. The highest BCUT2D eigenvalue weighted by Gasteiger charge is 2.78. The predicted molar refractivity (Wildman–Crippen MR) is 197 cm³/mol. The number of ketones is 1. The number of nitrogens with one attached hydrogen (secondary N) is 1. The Morgan fingerprint density at radius 2 is 1.58 bits per heavy atom. The van der Waals surface area contributed by atoms with E-state index in [1.54, 1.807) is 69.3 Å². The average Bonchev–Trinajstić information content (AvgIpc) is 3.13. The number of amides is 1. The van der Waals surface area contributed by atoms with Crippen LogP contribution in [0.2, 0.25) is 0 Å². The van der Waals surface area contributed by atoms with Gasteiger partial charge in [-0.25, -0.2) is 9.59 Å². The molecule has 1 amide bonds. The highest BCUT2D eigenvalue weighted by atomic mass is 31.0. The zero-order chi connectivity index (χ0) is 40.2. The number of benzene rings is 2. The van der Waals surface area contributed by atoms with Crippen LogP contribution in [-0.2, 0) is 42.6 Å². The molecule has 4 N–H and O–H groups in total. The third-order valence-corrected chi connectivity index (χ3v) is 12.7. The molecule has 296 valence electrons. The number of carbonyl (C=O) groups is 5. The third-order valence-electron chi connectivity index (χ3n) is 12.4. The standard InChI is InChI=1S/C40H48NO13P/c1-20-25(51-36(48)31(54-55)29(41-21(2)42)23-13-9-7-10-14-23)18-40(49)34(52-35(47)24-15-11-8-12-16-24)32-38(6,33(46)30(45)28(20)37(40,4)5)26(44)17-27-39(32,19-50-27)53-22(3)43/h7-16,25-27,29-32,34,44-45,49H,17-19,55H2,1-6H3,(H,41,42). The second-order valence-corrected chi connectivity index (χ2v) is 16.0. The van der Waals surface area contributed by atoms with Crippen molar-refractivity contribution in [3.63, 3.8) is 0 Å². The topological polar surface area (TPSA) is 204 Å². The first kappa shape index (κ1) is 40.6. The Bertz CT molecular complexity index is 1890. The summed E-state index contributed by atoms with van der Waals surface area (Å²) in [7, 11) is 2.01. The van der Waals surface area contributed by atoms with E-state index in [1.165, 1.54) is 32.9 Å². The quantitative estimate of drug-likeness (QED) is 0.125. The maximum atomic E-state index is 14.9. The number of aliphatic hydroxyl groups is 3. The number of aliphatic hydroxyl groups excluding tert-OH is 2. The molecular formula is C40H48NO13P. The van der Waals surface area contributed by atoms with Gasteiger partial charge >= 0.3 is 17.9 Å². The molecule has 14 nitrogen and oxygen atoms in total. The SMILES string of the molecule is CC(=O)NC(c1ccccc1)C(OP)C(=O)OC1CC2(O)C(OC(=O)c3ccccc3)C3C4(OC(C)=O)COC4CC(O)C3(C)C(=O)C(O)C(=C1C)C2(C)C. The molecule has 55 heavy (non-hydrogen) atoms. The number of fused-ring (bicyclic) bond motifs is 5. The Morgan fingerprint density at radius 1 is 0.964 bits per heavy atom. The van der Waals surface area contributed by atoms with E-state index in [4.69, 9.17) is 23.5 Å². The van der Waals surface area contributed by atoms with Crippen LogP contribution in [0.1, 0.15) is 76.3 Å². The van der Waals surface area contributed by atoms with Gasteiger partial charge in [-0.15, -0.1) is 0 Å². The molecule has 3 fully saturated rings. The fourth-order valence-corrected chi connectivity index (χ4v) is 9.73. The van der Waals surface area contributed by atoms with Crippen LogP contribution in [0.15, 0.2) is 71.8 Å². The molecule has 4 aliphatic rings. The summed E-state index contributed by atoms with van der Waals surface area (Å²) in [6.45, 7) is 8.32. The molecule has 1 heterocycles. The summed E-state index contributed by atoms with van der Waals surface area (Å²) in [5, 5.41) is 40.1. The minimum absolute atomic E-state index is 0.00461. The first-order valence-electron chi connectivity index (χ1n) is 18.1. The van der Waals surface area contributed by atoms with Gasteiger partial charge in [0.05, 0.1) is 35.6 Å². The fourth-order valence-electron chi connectivity index (χ4n) is 9.46. The number of rotatable bonds is 9. The fraction of sp³-hybridized carbons (Fsp3) is 0.525. The first-order chi connectivity index (χ1) is 25.8. The molecule has 3 aliphatic carbocycles. The van der Waals surface area contributed by atoms with E-state index in [2.05, 4.69) is 5.32 Å². The Balaban J connectivity index is 1.53. The van der Waals surface area contributed by atoms with Crippen LogP contribution in [0, 0.1) is 16.7 Å². The highest BCUT2D eigenvalue weighted by molar-refractivity contribution is 7.09. The molecule has 1 aliphatic heterocycles. The monoisotopic (exact) mass is 781 g/mol. The van der Waals surface area contributed by atoms with Crippen LogP contribution >= 0.6 is 9.47 Å². The van der Waals surface area contributed by atoms with Gasteiger partial charge in [0.25, 0.3) is 0 Å². The predicted octanol–water partition coefficient (Wildman–Crippen LogP) is 2.69. The molecule has 12 unspecified atom stereocenters. The van der Waals surface area contributed by atoms with E-state index in [0.717, 1.165) is 0 Å². The lowest BCUT2D eigenvalue weighted by molar-refractivity contribution is -0.346. The van der Waals surface area contributed by atoms with Gasteiger partial charge in [-0.3, -0.25) is 14.4 Å². The van der Waals surface area contributed by atoms with Gasteiger partial charge in [-0.2, -0.15) is 0 Å². The molecule has 2 aromatic carbocycles. The van der Waals surface area contributed by atoms with Gasteiger partial charge in [0, 0.05) is 41.6 Å². The summed E-state index contributed by atoms with van der Waals surface area (Å²) >= 11 is 0. The lowest BCUT2D eigenvalue weighted by Crippen LogP contribution is -2.81. The molecule has 0 spiro atoms. The van der Waals surface area contributed by atoms with E-state index in [0.29, 0.717) is 5.56 Å². The molecular weight excluding hydrogens is 733 g/mol. The van der Waals surface area contributed by atoms with Crippen molar-refractivity contribution in [2.45, 2.75) is 108 Å². The third kappa shape index (κ3) is 6.50. The lowest BCUT2D eigenvalue weighted by atomic mass is 9.44. The van der Waals surface area contributed by atoms with Crippen molar-refractivity contribution in [2.75, 3.05) is 6.61 Å². The minimum atomic E-state index is -2.29. The van der Waals surface area contributed by atoms with Crippen molar-refractivity contribution in [1.82, 2.24) is 5.32 Å². The van der Waals surface area contributed by atoms with Crippen molar-refractivity contribution in [2.24, 2.45) is 16.7 Å². The van der Waals surface area contributed by atoms with Crippen molar-refractivity contribution >= 4 is 39.1 Å². The van der Waals surface area contributed by atoms with Crippen molar-refractivity contribution in [3.8, 4) is 0 Å². The van der Waals surface area contributed by atoms with E-state index >= 15 is 0 Å². The average molecular weight is 782 g/mol. The minimum Gasteiger partial charge on any atom is -0.456 e. The number of hydrogen-bond acceptors (Lipinski definition) is 13. The van der Waals surface area contributed by atoms with Crippen molar-refractivity contribution < 1.29 is 62.8 Å². The summed E-state index contributed by atoms with van der Waals surface area (Å²) in [4.78, 5) is 68.3. The summed E-state index contributed by atoms with van der Waals surface area (Å²) in [6.07, 6.45) is -9.57. The first-order valence-corrected chi connectivity index (χ1v) is 18.6. The van der Waals surface area contributed by atoms with E-state index in [-0.39, 0.29) is 29.7 Å². The van der Waals surface area contributed by atoms with Crippen LogP contribution < -0.4 is 5.32 Å². The Kier molecular flexibility index (Phi) is 10.9. The Labute approximate surface area is 321 Å². The second-order valence-electron chi connectivity index (χ2n) is 15.7. The maximum Gasteiger partial charge on any atom is 0.338 e. The normalized spacial score (nSPS) is 34.6. The lowest BCUT2D eigenvalue weighted by Gasteiger charge is -2.67. The van der Waals surface area contributed by atoms with Crippen LogP contribution in [0.4, 0.5) is 0 Å². The smallest absolute Gasteiger partial charge is 0.338 e. The zero-order valence-electron chi connectivity index (χ0n) is 31.5. The summed E-state index contributed by atoms with van der Waals surface area (Å²) in [5.41, 5.74) is -6.67. The summed E-state index contributed by atoms with van der Waals surface area (Å²) in [5.74, 6) is -5.40. The van der Waals surface area contributed by atoms with Crippen molar-refractivity contribution in [1.29, 1.82) is 0 Å². The Hall–Kier alpha value is -4.04. The van der Waals surface area contributed by atoms with Gasteiger partial charge in [0.2, 0.25) is 5.91 Å². The molecule has 2 bridgehead atoms. The van der Waals surface area contributed by atoms with Gasteiger partial charge in [-0.1, -0.05) is 62.4 Å². The molecule has 2 saturated carbocycles. The molecule has 0 aromatic heterocycles. The largest absolute Gasteiger partial charge is 0.456 e. The van der Waals surface area contributed by atoms with Crippen LogP contribution in [-0.4, -0.2) is 99.4 Å². The van der Waals surface area contributed by atoms with Gasteiger partial charge in [0.1, 0.15) is 30.0 Å². The van der Waals surface area contributed by atoms with E-state index in [9.17, 15) is 39.3 Å². The van der Waals surface area contributed by atoms with Gasteiger partial charge in [-0.05, 0) is 42.7 Å². The van der Waals surface area contributed by atoms with E-state index in [1.807, 2.05) is 9.47 Å². The number of ether oxygens (including phenoxy) is 4. The highest BCUT2D eigenvalue weighted by Crippen LogP contribution is 2.64. The molecule has 0 radical (unpaired) electrons. The molecule has 15 heteroatoms. The number of hydrogen-bond donors (Lipinski definition) is 4. The molecule has 6 rings (SSSR count). The Morgan fingerprint density at radius 3 is 2.13 bits per heavy atom. The summed E-state index contributed by atoms with van der Waals surface area (Å²) < 4.78 is 29.8. The molecule has 1 saturated heterocycles.